The molecule has 106 valence electrons. The number of rotatable bonds is 5. The zero-order valence-electron chi connectivity index (χ0n) is 11.9. The number of halogens is 1. The first-order valence-electron chi connectivity index (χ1n) is 6.53. The predicted octanol–water partition coefficient (Wildman–Crippen LogP) is 4.09. The summed E-state index contributed by atoms with van der Waals surface area (Å²) in [5.41, 5.74) is 2.23. The summed E-state index contributed by atoms with van der Waals surface area (Å²) in [6.07, 6.45) is 3.66. The van der Waals surface area contributed by atoms with E-state index in [2.05, 4.69) is 29.1 Å². The van der Waals surface area contributed by atoms with Crippen molar-refractivity contribution in [2.75, 3.05) is 0 Å². The van der Waals surface area contributed by atoms with E-state index >= 15 is 0 Å². The third-order valence-electron chi connectivity index (χ3n) is 2.68. The molecule has 20 heavy (non-hydrogen) atoms. The van der Waals surface area contributed by atoms with Crippen molar-refractivity contribution in [3.05, 3.63) is 46.7 Å². The molecule has 0 spiro atoms. The van der Waals surface area contributed by atoms with Gasteiger partial charge in [-0.1, -0.05) is 25.4 Å². The highest BCUT2D eigenvalue weighted by molar-refractivity contribution is 7.99. The smallest absolute Gasteiger partial charge is 0.192 e. The average Bonchev–Trinajstić information content (AvgIpc) is 2.41. The summed E-state index contributed by atoms with van der Waals surface area (Å²) in [5, 5.41) is 4.91. The van der Waals surface area contributed by atoms with Crippen LogP contribution in [0.25, 0.3) is 0 Å². The number of benzene rings is 1. The highest BCUT2D eigenvalue weighted by atomic mass is 35.5. The van der Waals surface area contributed by atoms with E-state index in [0.29, 0.717) is 6.04 Å². The molecule has 1 aromatic carbocycles. The number of nitrogens with one attached hydrogen (secondary N) is 1. The van der Waals surface area contributed by atoms with E-state index in [1.54, 1.807) is 11.8 Å². The van der Waals surface area contributed by atoms with Crippen molar-refractivity contribution >= 4 is 23.4 Å². The van der Waals surface area contributed by atoms with Gasteiger partial charge in [0, 0.05) is 34.9 Å². The lowest BCUT2D eigenvalue weighted by Gasteiger charge is -2.12. The number of hydrogen-bond donors (Lipinski definition) is 1. The average molecular weight is 308 g/mol. The Morgan fingerprint density at radius 2 is 1.95 bits per heavy atom. The minimum atomic E-state index is 0.433. The van der Waals surface area contributed by atoms with Crippen LogP contribution in [0.1, 0.15) is 25.0 Å². The predicted molar refractivity (Wildman–Crippen MR) is 84.3 cm³/mol. The van der Waals surface area contributed by atoms with Gasteiger partial charge < -0.3 is 5.32 Å². The Hall–Kier alpha value is -1.10. The largest absolute Gasteiger partial charge is 0.310 e. The Kier molecular flexibility index (Phi) is 5.40. The molecule has 0 aliphatic heterocycles. The van der Waals surface area contributed by atoms with Crippen molar-refractivity contribution in [1.29, 1.82) is 0 Å². The van der Waals surface area contributed by atoms with Crippen molar-refractivity contribution < 1.29 is 0 Å². The summed E-state index contributed by atoms with van der Waals surface area (Å²) in [6.45, 7) is 7.02. The monoisotopic (exact) mass is 307 g/mol. The molecule has 1 aromatic heterocycles. The molecule has 0 fully saturated rings. The minimum absolute atomic E-state index is 0.433. The summed E-state index contributed by atoms with van der Waals surface area (Å²) in [7, 11) is 0. The second-order valence-electron chi connectivity index (χ2n) is 4.93. The fourth-order valence-corrected chi connectivity index (χ4v) is 2.63. The van der Waals surface area contributed by atoms with Crippen LogP contribution in [0.4, 0.5) is 0 Å². The summed E-state index contributed by atoms with van der Waals surface area (Å²) in [5.74, 6) is 0. The quantitative estimate of drug-likeness (QED) is 0.844. The molecule has 0 bridgehead atoms. The summed E-state index contributed by atoms with van der Waals surface area (Å²) >= 11 is 7.65. The zero-order chi connectivity index (χ0) is 14.5. The van der Waals surface area contributed by atoms with E-state index in [-0.39, 0.29) is 0 Å². The maximum atomic E-state index is 6.09. The van der Waals surface area contributed by atoms with Crippen LogP contribution in [0.15, 0.2) is 40.6 Å². The third kappa shape index (κ3) is 4.47. The van der Waals surface area contributed by atoms with E-state index < -0.39 is 0 Å². The van der Waals surface area contributed by atoms with Crippen molar-refractivity contribution in [2.24, 2.45) is 0 Å². The van der Waals surface area contributed by atoms with Crippen molar-refractivity contribution in [3.63, 3.8) is 0 Å². The van der Waals surface area contributed by atoms with Gasteiger partial charge in [0.15, 0.2) is 5.16 Å². The molecular weight excluding hydrogens is 290 g/mol. The molecule has 0 unspecified atom stereocenters. The molecule has 1 heterocycles. The normalized spacial score (nSPS) is 11.1. The molecule has 5 heteroatoms. The van der Waals surface area contributed by atoms with Crippen LogP contribution in [0, 0.1) is 6.92 Å². The maximum Gasteiger partial charge on any atom is 0.192 e. The molecule has 1 N–H and O–H groups in total. The van der Waals surface area contributed by atoms with Gasteiger partial charge in [0.05, 0.1) is 0 Å². The lowest BCUT2D eigenvalue weighted by atomic mass is 10.2. The van der Waals surface area contributed by atoms with E-state index in [1.807, 2.05) is 37.5 Å². The van der Waals surface area contributed by atoms with Gasteiger partial charge in [-0.3, -0.25) is 0 Å². The molecule has 2 aromatic rings. The highest BCUT2D eigenvalue weighted by Crippen LogP contribution is 2.29. The summed E-state index contributed by atoms with van der Waals surface area (Å²) in [4.78, 5) is 9.79. The molecule has 0 radical (unpaired) electrons. The van der Waals surface area contributed by atoms with E-state index in [0.717, 1.165) is 27.2 Å². The lowest BCUT2D eigenvalue weighted by Crippen LogP contribution is -2.22. The molecule has 2 rings (SSSR count). The first-order chi connectivity index (χ1) is 9.54. The van der Waals surface area contributed by atoms with Crippen LogP contribution >= 0.6 is 23.4 Å². The van der Waals surface area contributed by atoms with Gasteiger partial charge in [0.1, 0.15) is 0 Å². The van der Waals surface area contributed by atoms with Crippen molar-refractivity contribution in [2.45, 2.75) is 43.4 Å². The van der Waals surface area contributed by atoms with Crippen LogP contribution in [-0.4, -0.2) is 16.0 Å². The summed E-state index contributed by atoms with van der Waals surface area (Å²) < 4.78 is 0. The highest BCUT2D eigenvalue weighted by Gasteiger charge is 2.08. The Balaban J connectivity index is 2.19. The van der Waals surface area contributed by atoms with Gasteiger partial charge in [-0.15, -0.1) is 0 Å². The van der Waals surface area contributed by atoms with E-state index in [9.17, 15) is 0 Å². The van der Waals surface area contributed by atoms with Crippen LogP contribution in [-0.2, 0) is 6.54 Å². The molecule has 3 nitrogen and oxygen atoms in total. The standard InChI is InChI=1S/C15H18ClN3S/c1-10(2)17-9-12-6-13(16)4-5-14(12)20-15-18-7-11(3)8-19-15/h4-8,10,17H,9H2,1-3H3. The Morgan fingerprint density at radius 1 is 1.25 bits per heavy atom. The molecular formula is C15H18ClN3S. The Bertz CT molecular complexity index is 570. The second-order valence-corrected chi connectivity index (χ2v) is 6.38. The second kappa shape index (κ2) is 7.07. The molecule has 0 aliphatic carbocycles. The third-order valence-corrected chi connectivity index (χ3v) is 3.93. The molecule has 0 atom stereocenters. The van der Waals surface area contributed by atoms with Crippen LogP contribution in [0.2, 0.25) is 5.02 Å². The Morgan fingerprint density at radius 3 is 2.60 bits per heavy atom. The van der Waals surface area contributed by atoms with Crippen molar-refractivity contribution in [1.82, 2.24) is 15.3 Å². The number of nitrogens with zero attached hydrogens (tertiary/aromatic N) is 2. The van der Waals surface area contributed by atoms with Crippen LogP contribution < -0.4 is 5.32 Å². The number of aryl methyl sites for hydroxylation is 1. The SMILES string of the molecule is Cc1cnc(Sc2ccc(Cl)cc2CNC(C)C)nc1. The van der Waals surface area contributed by atoms with Gasteiger partial charge in [0.2, 0.25) is 0 Å². The minimum Gasteiger partial charge on any atom is -0.310 e. The number of aromatic nitrogens is 2. The van der Waals surface area contributed by atoms with Crippen LogP contribution in [0.3, 0.4) is 0 Å². The first-order valence-corrected chi connectivity index (χ1v) is 7.72. The topological polar surface area (TPSA) is 37.8 Å². The van der Waals surface area contributed by atoms with Gasteiger partial charge in [-0.05, 0) is 48.0 Å². The maximum absolute atomic E-state index is 6.09. The molecule has 0 saturated carbocycles. The fraction of sp³-hybridized carbons (Fsp3) is 0.333. The molecule has 0 saturated heterocycles. The number of hydrogen-bond acceptors (Lipinski definition) is 4. The first kappa shape index (κ1) is 15.3. The van der Waals surface area contributed by atoms with Gasteiger partial charge in [-0.25, -0.2) is 9.97 Å². The fourth-order valence-electron chi connectivity index (χ4n) is 1.63. The lowest BCUT2D eigenvalue weighted by molar-refractivity contribution is 0.584. The van der Waals surface area contributed by atoms with Crippen molar-refractivity contribution in [3.8, 4) is 0 Å². The van der Waals surface area contributed by atoms with Gasteiger partial charge in [-0.2, -0.15) is 0 Å². The van der Waals surface area contributed by atoms with Crippen LogP contribution in [0.5, 0.6) is 0 Å². The van der Waals surface area contributed by atoms with E-state index in [1.165, 1.54) is 5.56 Å². The molecule has 0 aliphatic rings. The van der Waals surface area contributed by atoms with Gasteiger partial charge in [0.25, 0.3) is 0 Å². The summed E-state index contributed by atoms with van der Waals surface area (Å²) in [6, 6.07) is 6.35. The van der Waals surface area contributed by atoms with E-state index in [4.69, 9.17) is 11.6 Å². The Labute approximate surface area is 129 Å². The van der Waals surface area contributed by atoms with Gasteiger partial charge >= 0.3 is 0 Å². The zero-order valence-corrected chi connectivity index (χ0v) is 13.4. The molecule has 0 amide bonds.